The Bertz CT molecular complexity index is 774. The van der Waals surface area contributed by atoms with Gasteiger partial charge in [-0.3, -0.25) is 19.4 Å². The summed E-state index contributed by atoms with van der Waals surface area (Å²) in [5.41, 5.74) is 1.78. The van der Waals surface area contributed by atoms with E-state index in [-0.39, 0.29) is 24.4 Å². The van der Waals surface area contributed by atoms with E-state index in [2.05, 4.69) is 0 Å². The molecule has 4 rings (SSSR count). The number of hydrogen-bond acceptors (Lipinski definition) is 3. The number of carbonyl (C=O) groups is 3. The molecule has 0 aromatic heterocycles. The van der Waals surface area contributed by atoms with Gasteiger partial charge >= 0.3 is 6.03 Å². The zero-order chi connectivity index (χ0) is 19.8. The SMILES string of the molecule is Cc1ccc(N2C(=O)N(CC(=O)N3CCC[C@@H]4CCCC[C@@H]43)C(=O)[C@H]2C)cc1. The maximum Gasteiger partial charge on any atom is 0.332 e. The molecule has 1 saturated carbocycles. The minimum absolute atomic E-state index is 0.0868. The van der Waals surface area contributed by atoms with E-state index in [1.54, 1.807) is 6.92 Å². The minimum Gasteiger partial charge on any atom is -0.338 e. The summed E-state index contributed by atoms with van der Waals surface area (Å²) < 4.78 is 0. The lowest BCUT2D eigenvalue weighted by atomic mass is 9.78. The number of imide groups is 1. The molecule has 6 heteroatoms. The Morgan fingerprint density at radius 3 is 2.46 bits per heavy atom. The summed E-state index contributed by atoms with van der Waals surface area (Å²) in [4.78, 5) is 43.4. The van der Waals surface area contributed by atoms with Crippen molar-refractivity contribution in [2.75, 3.05) is 18.0 Å². The summed E-state index contributed by atoms with van der Waals surface area (Å²) in [5.74, 6) is 0.201. The normalized spacial score (nSPS) is 27.9. The lowest BCUT2D eigenvalue weighted by molar-refractivity contribution is -0.141. The highest BCUT2D eigenvalue weighted by Gasteiger charge is 2.45. The van der Waals surface area contributed by atoms with Crippen molar-refractivity contribution >= 4 is 23.5 Å². The monoisotopic (exact) mass is 383 g/mol. The fourth-order valence-corrected chi connectivity index (χ4v) is 5.07. The molecule has 4 amide bonds. The van der Waals surface area contributed by atoms with Gasteiger partial charge in [-0.15, -0.1) is 0 Å². The van der Waals surface area contributed by atoms with Gasteiger partial charge in [-0.1, -0.05) is 30.5 Å². The first-order chi connectivity index (χ1) is 13.5. The number of amides is 4. The average molecular weight is 383 g/mol. The first kappa shape index (κ1) is 19.0. The van der Waals surface area contributed by atoms with Crippen LogP contribution in [0.15, 0.2) is 24.3 Å². The number of piperidine rings is 1. The van der Waals surface area contributed by atoms with E-state index in [0.717, 1.165) is 36.3 Å². The van der Waals surface area contributed by atoms with Crippen LogP contribution in [0.25, 0.3) is 0 Å². The Labute approximate surface area is 166 Å². The Morgan fingerprint density at radius 2 is 1.71 bits per heavy atom. The largest absolute Gasteiger partial charge is 0.338 e. The standard InChI is InChI=1S/C22H29N3O3/c1-15-9-11-18(12-10-15)25-16(2)21(27)24(22(25)28)14-20(26)23-13-5-7-17-6-3-4-8-19(17)23/h9-12,16-17,19H,3-8,13-14H2,1-2H3/t16-,17+,19+/m1/s1. The zero-order valence-corrected chi connectivity index (χ0v) is 16.8. The van der Waals surface area contributed by atoms with Crippen LogP contribution in [-0.2, 0) is 9.59 Å². The summed E-state index contributed by atoms with van der Waals surface area (Å²) in [5, 5.41) is 0. The highest BCUT2D eigenvalue weighted by atomic mass is 16.2. The Kier molecular flexibility index (Phi) is 5.13. The van der Waals surface area contributed by atoms with E-state index in [1.807, 2.05) is 36.1 Å². The van der Waals surface area contributed by atoms with E-state index in [9.17, 15) is 14.4 Å². The van der Waals surface area contributed by atoms with Gasteiger partial charge in [-0.05, 0) is 57.6 Å². The Balaban J connectivity index is 1.49. The topological polar surface area (TPSA) is 60.9 Å². The van der Waals surface area contributed by atoms with Crippen molar-refractivity contribution in [3.8, 4) is 0 Å². The van der Waals surface area contributed by atoms with Crippen LogP contribution in [0.3, 0.4) is 0 Å². The molecule has 1 aromatic rings. The molecular formula is C22H29N3O3. The number of anilines is 1. The van der Waals surface area contributed by atoms with E-state index < -0.39 is 12.1 Å². The quantitative estimate of drug-likeness (QED) is 0.752. The van der Waals surface area contributed by atoms with Crippen molar-refractivity contribution in [1.29, 1.82) is 0 Å². The second-order valence-electron chi connectivity index (χ2n) is 8.43. The molecule has 6 nitrogen and oxygen atoms in total. The summed E-state index contributed by atoms with van der Waals surface area (Å²) >= 11 is 0. The van der Waals surface area contributed by atoms with Gasteiger partial charge in [0.05, 0.1) is 0 Å². The van der Waals surface area contributed by atoms with Gasteiger partial charge < -0.3 is 4.90 Å². The van der Waals surface area contributed by atoms with E-state index in [4.69, 9.17) is 0 Å². The van der Waals surface area contributed by atoms with Crippen molar-refractivity contribution < 1.29 is 14.4 Å². The van der Waals surface area contributed by atoms with Gasteiger partial charge in [0.2, 0.25) is 5.91 Å². The number of rotatable bonds is 3. The van der Waals surface area contributed by atoms with Gasteiger partial charge in [-0.25, -0.2) is 4.79 Å². The van der Waals surface area contributed by atoms with Crippen molar-refractivity contribution in [1.82, 2.24) is 9.80 Å². The predicted octanol–water partition coefficient (Wildman–Crippen LogP) is 3.33. The smallest absolute Gasteiger partial charge is 0.332 e. The lowest BCUT2D eigenvalue weighted by Gasteiger charge is -2.44. The van der Waals surface area contributed by atoms with Gasteiger partial charge in [-0.2, -0.15) is 0 Å². The number of hydrogen-bond donors (Lipinski definition) is 0. The van der Waals surface area contributed by atoms with E-state index >= 15 is 0 Å². The van der Waals surface area contributed by atoms with Crippen LogP contribution in [0.4, 0.5) is 10.5 Å². The van der Waals surface area contributed by atoms with Gasteiger partial charge in [0, 0.05) is 18.3 Å². The van der Waals surface area contributed by atoms with Crippen LogP contribution in [0.5, 0.6) is 0 Å². The zero-order valence-electron chi connectivity index (χ0n) is 16.8. The fourth-order valence-electron chi connectivity index (χ4n) is 5.07. The third-order valence-corrected chi connectivity index (χ3v) is 6.62. The molecule has 0 N–H and O–H groups in total. The molecule has 0 unspecified atom stereocenters. The van der Waals surface area contributed by atoms with Gasteiger partial charge in [0.1, 0.15) is 12.6 Å². The first-order valence-corrected chi connectivity index (χ1v) is 10.5. The number of carbonyl (C=O) groups excluding carboxylic acids is 3. The predicted molar refractivity (Wildman–Crippen MR) is 107 cm³/mol. The van der Waals surface area contributed by atoms with Crippen LogP contribution < -0.4 is 4.90 Å². The van der Waals surface area contributed by atoms with E-state index in [0.29, 0.717) is 11.6 Å². The van der Waals surface area contributed by atoms with Gasteiger partial charge in [0.25, 0.3) is 5.91 Å². The maximum absolute atomic E-state index is 13.1. The second kappa shape index (κ2) is 7.57. The molecule has 2 heterocycles. The third kappa shape index (κ3) is 3.29. The fraction of sp³-hybridized carbons (Fsp3) is 0.591. The minimum atomic E-state index is -0.591. The molecule has 150 valence electrons. The van der Waals surface area contributed by atoms with Crippen molar-refractivity contribution in [2.45, 2.75) is 64.5 Å². The van der Waals surface area contributed by atoms with Crippen LogP contribution in [-0.4, -0.2) is 52.8 Å². The van der Waals surface area contributed by atoms with Crippen molar-refractivity contribution in [2.24, 2.45) is 5.92 Å². The van der Waals surface area contributed by atoms with Crippen molar-refractivity contribution in [3.05, 3.63) is 29.8 Å². The first-order valence-electron chi connectivity index (χ1n) is 10.5. The van der Waals surface area contributed by atoms with E-state index in [1.165, 1.54) is 24.2 Å². The highest BCUT2D eigenvalue weighted by Crippen LogP contribution is 2.35. The van der Waals surface area contributed by atoms with Crippen LogP contribution >= 0.6 is 0 Å². The Morgan fingerprint density at radius 1 is 1.04 bits per heavy atom. The number of fused-ring (bicyclic) bond motifs is 1. The molecule has 3 aliphatic rings. The maximum atomic E-state index is 13.1. The highest BCUT2D eigenvalue weighted by molar-refractivity contribution is 6.15. The number of aryl methyl sites for hydroxylation is 1. The lowest BCUT2D eigenvalue weighted by Crippen LogP contribution is -2.53. The van der Waals surface area contributed by atoms with Gasteiger partial charge in [0.15, 0.2) is 0 Å². The third-order valence-electron chi connectivity index (χ3n) is 6.62. The Hall–Kier alpha value is -2.37. The van der Waals surface area contributed by atoms with Crippen LogP contribution in [0, 0.1) is 12.8 Å². The summed E-state index contributed by atoms with van der Waals surface area (Å²) in [7, 11) is 0. The van der Waals surface area contributed by atoms with Crippen molar-refractivity contribution in [3.63, 3.8) is 0 Å². The molecule has 2 saturated heterocycles. The summed E-state index contributed by atoms with van der Waals surface area (Å²) in [6.07, 6.45) is 6.84. The molecular weight excluding hydrogens is 354 g/mol. The number of benzene rings is 1. The molecule has 28 heavy (non-hydrogen) atoms. The number of urea groups is 1. The summed E-state index contributed by atoms with van der Waals surface area (Å²) in [6, 6.07) is 6.83. The molecule has 2 aliphatic heterocycles. The molecule has 1 aliphatic carbocycles. The molecule has 3 atom stereocenters. The molecule has 3 fully saturated rings. The van der Waals surface area contributed by atoms with Crippen LogP contribution in [0.2, 0.25) is 0 Å². The molecule has 0 bridgehead atoms. The molecule has 0 spiro atoms. The molecule has 1 aromatic carbocycles. The second-order valence-corrected chi connectivity index (χ2v) is 8.43. The number of nitrogens with zero attached hydrogens (tertiary/aromatic N) is 3. The van der Waals surface area contributed by atoms with Crippen LogP contribution in [0.1, 0.15) is 51.0 Å². The molecule has 0 radical (unpaired) electrons. The number of likely N-dealkylation sites (tertiary alicyclic amines) is 1. The summed E-state index contributed by atoms with van der Waals surface area (Å²) in [6.45, 7) is 4.30. The average Bonchev–Trinajstić information content (AvgIpc) is 2.91.